The van der Waals surface area contributed by atoms with E-state index in [0.29, 0.717) is 6.42 Å². The van der Waals surface area contributed by atoms with Gasteiger partial charge in [0.05, 0.1) is 0 Å². The fraction of sp³-hybridized carbons (Fsp3) is 0.571. The molecule has 1 saturated carbocycles. The van der Waals surface area contributed by atoms with Crippen LogP contribution in [-0.4, -0.2) is 5.67 Å². The van der Waals surface area contributed by atoms with Crippen molar-refractivity contribution in [3.63, 3.8) is 0 Å². The number of alkyl halides is 1. The van der Waals surface area contributed by atoms with Gasteiger partial charge in [0, 0.05) is 5.92 Å². The largest absolute Gasteiger partial charge is 0.243 e. The van der Waals surface area contributed by atoms with Crippen LogP contribution in [0.5, 0.6) is 0 Å². The third-order valence-corrected chi connectivity index (χ3v) is 3.32. The normalized spacial score (nSPS) is 30.3. The van der Waals surface area contributed by atoms with Crippen LogP contribution >= 0.6 is 0 Å². The molecule has 1 aromatic rings. The van der Waals surface area contributed by atoms with Gasteiger partial charge >= 0.3 is 0 Å². The first-order chi connectivity index (χ1) is 6.81. The fourth-order valence-corrected chi connectivity index (χ4v) is 2.03. The Bertz CT molecular complexity index is 371. The molecule has 1 aromatic carbocycles. The summed E-state index contributed by atoms with van der Waals surface area (Å²) in [5.74, 6) is 0.125. The Balaban J connectivity index is 2.29. The lowest BCUT2D eigenvalue weighted by atomic mass is 9.85. The minimum absolute atomic E-state index is 0.125. The molecule has 1 heteroatoms. The van der Waals surface area contributed by atoms with Crippen LogP contribution in [0.1, 0.15) is 51.2 Å². The summed E-state index contributed by atoms with van der Waals surface area (Å²) < 4.78 is 13.6. The molecule has 0 spiro atoms. The minimum Gasteiger partial charge on any atom is -0.243 e. The summed E-state index contributed by atoms with van der Waals surface area (Å²) in [6.07, 6.45) is 0.681. The van der Waals surface area contributed by atoms with Gasteiger partial charge in [0.25, 0.3) is 0 Å². The highest BCUT2D eigenvalue weighted by Gasteiger charge is 2.51. The van der Waals surface area contributed by atoms with Gasteiger partial charge < -0.3 is 0 Å². The molecule has 2 atom stereocenters. The van der Waals surface area contributed by atoms with Crippen LogP contribution in [0.25, 0.3) is 0 Å². The maximum atomic E-state index is 13.6. The molecule has 82 valence electrons. The lowest BCUT2D eigenvalue weighted by Gasteiger charge is -2.19. The first-order valence-corrected chi connectivity index (χ1v) is 5.60. The van der Waals surface area contributed by atoms with Crippen molar-refractivity contribution in [2.45, 2.75) is 51.1 Å². The van der Waals surface area contributed by atoms with Crippen LogP contribution in [0.3, 0.4) is 0 Å². The van der Waals surface area contributed by atoms with E-state index in [1.807, 2.05) is 12.1 Å². The van der Waals surface area contributed by atoms with Crippen molar-refractivity contribution in [1.82, 2.24) is 0 Å². The molecule has 1 aliphatic rings. The van der Waals surface area contributed by atoms with Crippen molar-refractivity contribution in [2.75, 3.05) is 0 Å². The molecule has 0 heterocycles. The predicted octanol–water partition coefficient (Wildman–Crippen LogP) is 4.20. The van der Waals surface area contributed by atoms with Gasteiger partial charge in [-0.1, -0.05) is 45.0 Å². The quantitative estimate of drug-likeness (QED) is 0.646. The van der Waals surface area contributed by atoms with E-state index in [1.54, 1.807) is 6.92 Å². The van der Waals surface area contributed by atoms with Gasteiger partial charge in [0.2, 0.25) is 0 Å². The molecule has 0 radical (unpaired) electrons. The zero-order valence-corrected chi connectivity index (χ0v) is 9.97. The summed E-state index contributed by atoms with van der Waals surface area (Å²) in [5, 5.41) is 0. The first kappa shape index (κ1) is 10.7. The number of hydrogen-bond acceptors (Lipinski definition) is 0. The summed E-state index contributed by atoms with van der Waals surface area (Å²) in [6.45, 7) is 8.26. The predicted molar refractivity (Wildman–Crippen MR) is 62.0 cm³/mol. The van der Waals surface area contributed by atoms with Gasteiger partial charge in [-0.3, -0.25) is 0 Å². The van der Waals surface area contributed by atoms with E-state index in [0.717, 1.165) is 5.56 Å². The Morgan fingerprint density at radius 2 is 1.93 bits per heavy atom. The molecule has 0 aliphatic heterocycles. The molecule has 2 unspecified atom stereocenters. The Kier molecular flexibility index (Phi) is 2.18. The molecule has 0 amide bonds. The number of hydrogen-bond donors (Lipinski definition) is 0. The van der Waals surface area contributed by atoms with Crippen molar-refractivity contribution in [3.8, 4) is 0 Å². The van der Waals surface area contributed by atoms with Gasteiger partial charge in [-0.05, 0) is 29.9 Å². The smallest absolute Gasteiger partial charge is 0.115 e. The summed E-state index contributed by atoms with van der Waals surface area (Å²) in [7, 11) is 0. The van der Waals surface area contributed by atoms with Gasteiger partial charge in [0.1, 0.15) is 5.67 Å². The molecule has 15 heavy (non-hydrogen) atoms. The second-order valence-corrected chi connectivity index (χ2v) is 5.91. The maximum absolute atomic E-state index is 13.6. The van der Waals surface area contributed by atoms with Crippen LogP contribution in [0, 0.1) is 0 Å². The van der Waals surface area contributed by atoms with E-state index >= 15 is 0 Å². The standard InChI is InChI=1S/C14H19F/c1-13(2,3)11-7-5-6-10(8-11)12-9-14(12,4)15/h5-8,12H,9H2,1-4H3. The van der Waals surface area contributed by atoms with E-state index in [-0.39, 0.29) is 11.3 Å². The first-order valence-electron chi connectivity index (χ1n) is 5.60. The third kappa shape index (κ3) is 2.06. The average molecular weight is 206 g/mol. The number of halogens is 1. The van der Waals surface area contributed by atoms with E-state index < -0.39 is 5.67 Å². The highest BCUT2D eigenvalue weighted by Crippen LogP contribution is 2.54. The Morgan fingerprint density at radius 3 is 2.40 bits per heavy atom. The van der Waals surface area contributed by atoms with E-state index in [1.165, 1.54) is 5.56 Å². The zero-order chi connectivity index (χ0) is 11.3. The lowest BCUT2D eigenvalue weighted by Crippen LogP contribution is -2.11. The zero-order valence-electron chi connectivity index (χ0n) is 9.97. The van der Waals surface area contributed by atoms with Crippen molar-refractivity contribution in [2.24, 2.45) is 0 Å². The molecule has 0 nitrogen and oxygen atoms in total. The molecule has 0 aromatic heterocycles. The van der Waals surface area contributed by atoms with Crippen LogP contribution < -0.4 is 0 Å². The van der Waals surface area contributed by atoms with Crippen molar-refractivity contribution in [3.05, 3.63) is 35.4 Å². The number of rotatable bonds is 1. The second-order valence-electron chi connectivity index (χ2n) is 5.91. The number of benzene rings is 1. The molecular weight excluding hydrogens is 187 g/mol. The molecule has 0 saturated heterocycles. The Hall–Kier alpha value is -0.850. The van der Waals surface area contributed by atoms with Crippen LogP contribution in [0.15, 0.2) is 24.3 Å². The topological polar surface area (TPSA) is 0 Å². The second kappa shape index (κ2) is 3.07. The SMILES string of the molecule is CC(C)(C)c1cccc(C2CC2(C)F)c1. The van der Waals surface area contributed by atoms with Gasteiger partial charge in [-0.25, -0.2) is 4.39 Å². The fourth-order valence-electron chi connectivity index (χ4n) is 2.03. The molecule has 0 bridgehead atoms. The van der Waals surface area contributed by atoms with Crippen LogP contribution in [-0.2, 0) is 5.41 Å². The van der Waals surface area contributed by atoms with E-state index in [4.69, 9.17) is 0 Å². The van der Waals surface area contributed by atoms with Crippen molar-refractivity contribution in [1.29, 1.82) is 0 Å². The Labute approximate surface area is 91.5 Å². The molecule has 1 fully saturated rings. The van der Waals surface area contributed by atoms with Gasteiger partial charge in [0.15, 0.2) is 0 Å². The highest BCUT2D eigenvalue weighted by molar-refractivity contribution is 5.36. The molecular formula is C14H19F. The molecule has 1 aliphatic carbocycles. The molecule has 0 N–H and O–H groups in total. The minimum atomic E-state index is -0.962. The maximum Gasteiger partial charge on any atom is 0.115 e. The lowest BCUT2D eigenvalue weighted by molar-refractivity contribution is 0.328. The monoisotopic (exact) mass is 206 g/mol. The molecule has 2 rings (SSSR count). The van der Waals surface area contributed by atoms with Crippen LogP contribution in [0.2, 0.25) is 0 Å². The van der Waals surface area contributed by atoms with Crippen LogP contribution in [0.4, 0.5) is 4.39 Å². The van der Waals surface area contributed by atoms with E-state index in [9.17, 15) is 4.39 Å². The van der Waals surface area contributed by atoms with Crippen molar-refractivity contribution >= 4 is 0 Å². The van der Waals surface area contributed by atoms with Gasteiger partial charge in [-0.2, -0.15) is 0 Å². The summed E-state index contributed by atoms with van der Waals surface area (Å²) >= 11 is 0. The summed E-state index contributed by atoms with van der Waals surface area (Å²) in [5.41, 5.74) is 1.64. The highest BCUT2D eigenvalue weighted by atomic mass is 19.1. The average Bonchev–Trinajstić information content (AvgIpc) is 2.74. The van der Waals surface area contributed by atoms with E-state index in [2.05, 4.69) is 32.9 Å². The summed E-state index contributed by atoms with van der Waals surface area (Å²) in [4.78, 5) is 0. The van der Waals surface area contributed by atoms with Crippen molar-refractivity contribution < 1.29 is 4.39 Å². The van der Waals surface area contributed by atoms with Gasteiger partial charge in [-0.15, -0.1) is 0 Å². The third-order valence-electron chi connectivity index (χ3n) is 3.32. The Morgan fingerprint density at radius 1 is 1.33 bits per heavy atom. The summed E-state index contributed by atoms with van der Waals surface area (Å²) in [6, 6.07) is 8.38.